The molecule has 6 nitrogen and oxygen atoms in total. The molecule has 1 fully saturated rings. The molecule has 114 valence electrons. The first-order chi connectivity index (χ1) is 10.1. The molecule has 0 radical (unpaired) electrons. The monoisotopic (exact) mass is 313 g/mol. The minimum atomic E-state index is -0.479. The Labute approximate surface area is 127 Å². The van der Waals surface area contributed by atoms with E-state index in [4.69, 9.17) is 21.1 Å². The van der Waals surface area contributed by atoms with Crippen molar-refractivity contribution in [1.29, 1.82) is 0 Å². The van der Waals surface area contributed by atoms with E-state index in [9.17, 15) is 9.59 Å². The summed E-state index contributed by atoms with van der Waals surface area (Å²) in [5, 5.41) is 0.257. The number of morpholine rings is 1. The van der Waals surface area contributed by atoms with Crippen LogP contribution in [0.1, 0.15) is 10.4 Å². The predicted molar refractivity (Wildman–Crippen MR) is 75.7 cm³/mol. The van der Waals surface area contributed by atoms with Crippen LogP contribution in [0.2, 0.25) is 5.02 Å². The minimum Gasteiger partial charge on any atom is -0.482 e. The van der Waals surface area contributed by atoms with E-state index < -0.39 is 5.97 Å². The van der Waals surface area contributed by atoms with Gasteiger partial charge >= 0.3 is 5.97 Å². The van der Waals surface area contributed by atoms with Crippen molar-refractivity contribution in [3.63, 3.8) is 0 Å². The zero-order valence-electron chi connectivity index (χ0n) is 11.6. The van der Waals surface area contributed by atoms with Gasteiger partial charge in [0.05, 0.1) is 30.9 Å². The minimum absolute atomic E-state index is 0.0999. The summed E-state index contributed by atoms with van der Waals surface area (Å²) in [6.45, 7) is 2.12. The Morgan fingerprint density at radius 3 is 2.67 bits per heavy atom. The van der Waals surface area contributed by atoms with Crippen molar-refractivity contribution in [3.05, 3.63) is 28.8 Å². The number of esters is 1. The number of nitrogens with zero attached hydrogens (tertiary/aromatic N) is 1. The molecule has 0 atom stereocenters. The summed E-state index contributed by atoms with van der Waals surface area (Å²) in [7, 11) is 1.29. The van der Waals surface area contributed by atoms with Gasteiger partial charge < -0.3 is 19.1 Å². The van der Waals surface area contributed by atoms with Gasteiger partial charge in [-0.3, -0.25) is 4.79 Å². The van der Waals surface area contributed by atoms with E-state index >= 15 is 0 Å². The molecule has 0 aliphatic carbocycles. The molecule has 0 unspecified atom stereocenters. The normalized spacial score (nSPS) is 14.7. The van der Waals surface area contributed by atoms with Gasteiger partial charge in [-0.1, -0.05) is 11.6 Å². The maximum absolute atomic E-state index is 11.9. The lowest BCUT2D eigenvalue weighted by atomic mass is 10.2. The number of carbonyl (C=O) groups excluding carboxylic acids is 2. The molecular weight excluding hydrogens is 298 g/mol. The zero-order chi connectivity index (χ0) is 15.2. The van der Waals surface area contributed by atoms with E-state index in [1.807, 2.05) is 0 Å². The maximum Gasteiger partial charge on any atom is 0.337 e. The van der Waals surface area contributed by atoms with Crippen LogP contribution in [0.5, 0.6) is 5.75 Å². The lowest BCUT2D eigenvalue weighted by Crippen LogP contribution is -2.43. The summed E-state index contributed by atoms with van der Waals surface area (Å²) in [5.74, 6) is -0.245. The van der Waals surface area contributed by atoms with Gasteiger partial charge in [0.2, 0.25) is 0 Å². The van der Waals surface area contributed by atoms with Crippen molar-refractivity contribution in [2.75, 3.05) is 40.0 Å². The standard InChI is InChI=1S/C14H16ClNO5/c1-19-14(18)10-2-3-12(11(15)8-10)21-9-13(17)16-4-6-20-7-5-16/h2-3,8H,4-7,9H2,1H3. The molecule has 0 aromatic heterocycles. The van der Waals surface area contributed by atoms with Gasteiger partial charge in [-0.2, -0.15) is 0 Å². The molecule has 7 heteroatoms. The molecule has 1 heterocycles. The van der Waals surface area contributed by atoms with Gasteiger partial charge in [0, 0.05) is 13.1 Å². The van der Waals surface area contributed by atoms with Gasteiger partial charge in [-0.25, -0.2) is 4.79 Å². The molecule has 0 spiro atoms. The quantitative estimate of drug-likeness (QED) is 0.785. The lowest BCUT2D eigenvalue weighted by molar-refractivity contribution is -0.137. The highest BCUT2D eigenvalue weighted by Crippen LogP contribution is 2.25. The fourth-order valence-electron chi connectivity index (χ4n) is 1.91. The number of benzene rings is 1. The highest BCUT2D eigenvalue weighted by molar-refractivity contribution is 6.32. The number of ether oxygens (including phenoxy) is 3. The van der Waals surface area contributed by atoms with Crippen LogP contribution in [0.15, 0.2) is 18.2 Å². The Morgan fingerprint density at radius 1 is 1.33 bits per heavy atom. The summed E-state index contributed by atoms with van der Waals surface area (Å²) >= 11 is 6.02. The Morgan fingerprint density at radius 2 is 2.05 bits per heavy atom. The molecule has 21 heavy (non-hydrogen) atoms. The molecule has 1 aromatic rings. The Kier molecular flexibility index (Phi) is 5.41. The first kappa shape index (κ1) is 15.6. The number of hydrogen-bond donors (Lipinski definition) is 0. The molecular formula is C14H16ClNO5. The van der Waals surface area contributed by atoms with Crippen LogP contribution in [0.25, 0.3) is 0 Å². The van der Waals surface area contributed by atoms with E-state index in [0.29, 0.717) is 37.6 Å². The first-order valence-corrected chi connectivity index (χ1v) is 6.86. The number of hydrogen-bond acceptors (Lipinski definition) is 5. The van der Waals surface area contributed by atoms with Gasteiger partial charge in [0.25, 0.3) is 5.91 Å². The molecule has 1 amide bonds. The summed E-state index contributed by atoms with van der Waals surface area (Å²) < 4.78 is 15.2. The number of rotatable bonds is 4. The van der Waals surface area contributed by atoms with Crippen LogP contribution in [0.4, 0.5) is 0 Å². The van der Waals surface area contributed by atoms with Gasteiger partial charge in [0.1, 0.15) is 5.75 Å². The van der Waals surface area contributed by atoms with Crippen LogP contribution in [-0.4, -0.2) is 56.8 Å². The average molecular weight is 314 g/mol. The first-order valence-electron chi connectivity index (χ1n) is 6.48. The van der Waals surface area contributed by atoms with Crippen molar-refractivity contribution in [1.82, 2.24) is 4.90 Å². The largest absolute Gasteiger partial charge is 0.482 e. The smallest absolute Gasteiger partial charge is 0.337 e. The average Bonchev–Trinajstić information content (AvgIpc) is 2.53. The van der Waals surface area contributed by atoms with Crippen LogP contribution in [0.3, 0.4) is 0 Å². The fraction of sp³-hybridized carbons (Fsp3) is 0.429. The Bertz CT molecular complexity index is 528. The van der Waals surface area contributed by atoms with Crippen LogP contribution in [-0.2, 0) is 14.3 Å². The van der Waals surface area contributed by atoms with Crippen molar-refractivity contribution in [2.24, 2.45) is 0 Å². The molecule has 1 aromatic carbocycles. The second-order valence-electron chi connectivity index (χ2n) is 4.42. The third kappa shape index (κ3) is 4.09. The van der Waals surface area contributed by atoms with E-state index in [1.165, 1.54) is 19.2 Å². The van der Waals surface area contributed by atoms with Crippen LogP contribution < -0.4 is 4.74 Å². The highest BCUT2D eigenvalue weighted by atomic mass is 35.5. The van der Waals surface area contributed by atoms with E-state index in [2.05, 4.69) is 4.74 Å². The Balaban J connectivity index is 1.93. The number of carbonyl (C=O) groups is 2. The third-order valence-corrected chi connectivity index (χ3v) is 3.36. The summed E-state index contributed by atoms with van der Waals surface area (Å²) in [4.78, 5) is 25.0. The van der Waals surface area contributed by atoms with Crippen LogP contribution >= 0.6 is 11.6 Å². The highest BCUT2D eigenvalue weighted by Gasteiger charge is 2.18. The lowest BCUT2D eigenvalue weighted by Gasteiger charge is -2.26. The summed E-state index contributed by atoms with van der Waals surface area (Å²) in [6, 6.07) is 4.52. The molecule has 1 aliphatic rings. The molecule has 0 N–H and O–H groups in total. The summed E-state index contributed by atoms with van der Waals surface area (Å²) in [6.07, 6.45) is 0. The SMILES string of the molecule is COC(=O)c1ccc(OCC(=O)N2CCOCC2)c(Cl)c1. The van der Waals surface area contributed by atoms with E-state index in [0.717, 1.165) is 0 Å². The number of amides is 1. The molecule has 1 aliphatic heterocycles. The fourth-order valence-corrected chi connectivity index (χ4v) is 2.14. The molecule has 2 rings (SSSR count). The molecule has 0 saturated carbocycles. The number of halogens is 1. The number of methoxy groups -OCH3 is 1. The van der Waals surface area contributed by atoms with E-state index in [1.54, 1.807) is 11.0 Å². The van der Waals surface area contributed by atoms with E-state index in [-0.39, 0.29) is 17.5 Å². The van der Waals surface area contributed by atoms with Crippen molar-refractivity contribution >= 4 is 23.5 Å². The second-order valence-corrected chi connectivity index (χ2v) is 4.83. The predicted octanol–water partition coefficient (Wildman–Crippen LogP) is 1.36. The molecule has 0 bridgehead atoms. The van der Waals surface area contributed by atoms with Gasteiger partial charge in [0.15, 0.2) is 6.61 Å². The second kappa shape index (κ2) is 7.28. The third-order valence-electron chi connectivity index (χ3n) is 3.07. The zero-order valence-corrected chi connectivity index (χ0v) is 12.4. The Hall–Kier alpha value is -1.79. The van der Waals surface area contributed by atoms with Gasteiger partial charge in [-0.15, -0.1) is 0 Å². The van der Waals surface area contributed by atoms with Crippen molar-refractivity contribution in [2.45, 2.75) is 0 Å². The summed E-state index contributed by atoms with van der Waals surface area (Å²) in [5.41, 5.74) is 0.328. The maximum atomic E-state index is 11.9. The van der Waals surface area contributed by atoms with Crippen molar-refractivity contribution in [3.8, 4) is 5.75 Å². The van der Waals surface area contributed by atoms with Gasteiger partial charge in [-0.05, 0) is 18.2 Å². The van der Waals surface area contributed by atoms with Crippen molar-refractivity contribution < 1.29 is 23.8 Å². The molecule has 1 saturated heterocycles. The van der Waals surface area contributed by atoms with Crippen LogP contribution in [0, 0.1) is 0 Å². The topological polar surface area (TPSA) is 65.1 Å².